The number of nitrogens with one attached hydrogen (secondary N) is 2. The smallest absolute Gasteiger partial charge is 0.354 e. The number of rotatable bonds is 2. The standard InChI is InChI=1S/C10H11F3N4O/c11-10(12,13)7-3-5-15-9(17-7)16-6-2-1-4-14-8(6)18/h3,5-6H,1-2,4H2,(H,14,18)(H,15,16,17)/t6-/m1/s1. The molecule has 0 bridgehead atoms. The Morgan fingerprint density at radius 3 is 2.89 bits per heavy atom. The number of hydrogen-bond acceptors (Lipinski definition) is 4. The van der Waals surface area contributed by atoms with Gasteiger partial charge in [-0.15, -0.1) is 0 Å². The predicted molar refractivity (Wildman–Crippen MR) is 56.7 cm³/mol. The van der Waals surface area contributed by atoms with Crippen LogP contribution in [0.5, 0.6) is 0 Å². The van der Waals surface area contributed by atoms with Crippen LogP contribution in [0.2, 0.25) is 0 Å². The van der Waals surface area contributed by atoms with Crippen molar-refractivity contribution < 1.29 is 18.0 Å². The number of piperidine rings is 1. The van der Waals surface area contributed by atoms with Gasteiger partial charge in [0.25, 0.3) is 0 Å². The minimum absolute atomic E-state index is 0.188. The monoisotopic (exact) mass is 260 g/mol. The van der Waals surface area contributed by atoms with Crippen LogP contribution in [0.15, 0.2) is 12.3 Å². The van der Waals surface area contributed by atoms with Gasteiger partial charge in [0, 0.05) is 12.7 Å². The van der Waals surface area contributed by atoms with Crippen LogP contribution in [0.4, 0.5) is 19.1 Å². The van der Waals surface area contributed by atoms with E-state index in [1.807, 2.05) is 0 Å². The molecule has 1 aromatic heterocycles. The molecular weight excluding hydrogens is 249 g/mol. The van der Waals surface area contributed by atoms with Crippen LogP contribution in [0, 0.1) is 0 Å². The van der Waals surface area contributed by atoms with E-state index in [1.165, 1.54) is 0 Å². The van der Waals surface area contributed by atoms with Crippen LogP contribution in [0.3, 0.4) is 0 Å². The highest BCUT2D eigenvalue weighted by Crippen LogP contribution is 2.27. The number of carbonyl (C=O) groups is 1. The lowest BCUT2D eigenvalue weighted by Crippen LogP contribution is -2.44. The SMILES string of the molecule is O=C1NCCC[C@H]1Nc1nccc(C(F)(F)F)n1. The molecule has 1 aromatic rings. The van der Waals surface area contributed by atoms with Gasteiger partial charge in [0.05, 0.1) is 0 Å². The molecule has 1 fully saturated rings. The van der Waals surface area contributed by atoms with Gasteiger partial charge in [-0.2, -0.15) is 13.2 Å². The van der Waals surface area contributed by atoms with Crippen molar-refractivity contribution in [1.29, 1.82) is 0 Å². The van der Waals surface area contributed by atoms with Gasteiger partial charge in [0.2, 0.25) is 11.9 Å². The first-order valence-corrected chi connectivity index (χ1v) is 5.41. The summed E-state index contributed by atoms with van der Waals surface area (Å²) in [6.45, 7) is 0.584. The van der Waals surface area contributed by atoms with Gasteiger partial charge < -0.3 is 10.6 Å². The first kappa shape index (κ1) is 12.6. The van der Waals surface area contributed by atoms with Crippen LogP contribution in [0.1, 0.15) is 18.5 Å². The van der Waals surface area contributed by atoms with E-state index in [1.54, 1.807) is 0 Å². The molecule has 98 valence electrons. The van der Waals surface area contributed by atoms with Crippen LogP contribution < -0.4 is 10.6 Å². The lowest BCUT2D eigenvalue weighted by atomic mass is 10.1. The summed E-state index contributed by atoms with van der Waals surface area (Å²) >= 11 is 0. The van der Waals surface area contributed by atoms with E-state index in [4.69, 9.17) is 0 Å². The Labute approximate surface area is 101 Å². The van der Waals surface area contributed by atoms with Crippen LogP contribution >= 0.6 is 0 Å². The molecule has 0 spiro atoms. The number of amides is 1. The van der Waals surface area contributed by atoms with Crippen molar-refractivity contribution in [3.05, 3.63) is 18.0 Å². The number of halogens is 3. The molecule has 2 N–H and O–H groups in total. The summed E-state index contributed by atoms with van der Waals surface area (Å²) < 4.78 is 37.3. The Morgan fingerprint density at radius 2 is 2.22 bits per heavy atom. The molecule has 1 aliphatic rings. The Morgan fingerprint density at radius 1 is 1.44 bits per heavy atom. The average Bonchev–Trinajstić information content (AvgIpc) is 2.31. The van der Waals surface area contributed by atoms with Crippen molar-refractivity contribution in [1.82, 2.24) is 15.3 Å². The fraction of sp³-hybridized carbons (Fsp3) is 0.500. The lowest BCUT2D eigenvalue weighted by molar-refractivity contribution is -0.141. The van der Waals surface area contributed by atoms with Gasteiger partial charge in [0.15, 0.2) is 0 Å². The van der Waals surface area contributed by atoms with Crippen molar-refractivity contribution >= 4 is 11.9 Å². The Bertz CT molecular complexity index is 449. The zero-order valence-corrected chi connectivity index (χ0v) is 9.29. The highest BCUT2D eigenvalue weighted by Gasteiger charge is 2.33. The summed E-state index contributed by atoms with van der Waals surface area (Å²) in [5.74, 6) is -0.436. The number of alkyl halides is 3. The van der Waals surface area contributed by atoms with Crippen molar-refractivity contribution in [3.63, 3.8) is 0 Å². The molecule has 1 saturated heterocycles. The van der Waals surface area contributed by atoms with E-state index < -0.39 is 17.9 Å². The molecule has 1 amide bonds. The highest BCUT2D eigenvalue weighted by molar-refractivity contribution is 5.84. The van der Waals surface area contributed by atoms with Crippen molar-refractivity contribution in [2.45, 2.75) is 25.1 Å². The molecule has 18 heavy (non-hydrogen) atoms. The third-order valence-corrected chi connectivity index (χ3v) is 2.53. The molecule has 0 saturated carbocycles. The summed E-state index contributed by atoms with van der Waals surface area (Å²) in [6.07, 6.45) is -2.19. The molecule has 0 radical (unpaired) electrons. The van der Waals surface area contributed by atoms with Gasteiger partial charge in [-0.25, -0.2) is 9.97 Å². The van der Waals surface area contributed by atoms with Crippen molar-refractivity contribution in [2.24, 2.45) is 0 Å². The maximum atomic E-state index is 12.4. The third-order valence-electron chi connectivity index (χ3n) is 2.53. The molecule has 5 nitrogen and oxygen atoms in total. The maximum absolute atomic E-state index is 12.4. The summed E-state index contributed by atoms with van der Waals surface area (Å²) in [7, 11) is 0. The molecule has 0 aromatic carbocycles. The quantitative estimate of drug-likeness (QED) is 0.838. The molecule has 2 heterocycles. The van der Waals surface area contributed by atoms with E-state index in [0.717, 1.165) is 18.7 Å². The van der Waals surface area contributed by atoms with Crippen LogP contribution in [-0.4, -0.2) is 28.5 Å². The average molecular weight is 260 g/mol. The zero-order chi connectivity index (χ0) is 13.2. The number of nitrogens with zero attached hydrogens (tertiary/aromatic N) is 2. The molecule has 8 heteroatoms. The first-order valence-electron chi connectivity index (χ1n) is 5.41. The van der Waals surface area contributed by atoms with Crippen LogP contribution in [-0.2, 0) is 11.0 Å². The molecule has 1 atom stereocenters. The highest BCUT2D eigenvalue weighted by atomic mass is 19.4. The molecule has 2 rings (SSSR count). The summed E-state index contributed by atoms with van der Waals surface area (Å²) in [5, 5.41) is 5.23. The third kappa shape index (κ3) is 2.88. The summed E-state index contributed by atoms with van der Waals surface area (Å²) in [6, 6.07) is 0.203. The molecule has 0 unspecified atom stereocenters. The lowest BCUT2D eigenvalue weighted by Gasteiger charge is -2.22. The Kier molecular flexibility index (Phi) is 3.35. The van der Waals surface area contributed by atoms with Gasteiger partial charge in [-0.3, -0.25) is 4.79 Å². The Balaban J connectivity index is 2.12. The predicted octanol–water partition coefficient (Wildman–Crippen LogP) is 1.19. The summed E-state index contributed by atoms with van der Waals surface area (Å²) in [4.78, 5) is 18.5. The van der Waals surface area contributed by atoms with Crippen molar-refractivity contribution in [2.75, 3.05) is 11.9 Å². The first-order chi connectivity index (χ1) is 8.47. The topological polar surface area (TPSA) is 66.9 Å². The second-order valence-corrected chi connectivity index (χ2v) is 3.89. The number of anilines is 1. The maximum Gasteiger partial charge on any atom is 0.433 e. The molecular formula is C10H11F3N4O. The van der Waals surface area contributed by atoms with Crippen molar-refractivity contribution in [3.8, 4) is 0 Å². The normalized spacial score (nSPS) is 20.4. The minimum Gasteiger partial charge on any atom is -0.354 e. The molecule has 1 aliphatic heterocycles. The van der Waals surface area contributed by atoms with E-state index in [9.17, 15) is 18.0 Å². The van der Waals surface area contributed by atoms with Gasteiger partial charge >= 0.3 is 6.18 Å². The summed E-state index contributed by atoms with van der Waals surface area (Å²) in [5.41, 5.74) is -1.03. The zero-order valence-electron chi connectivity index (χ0n) is 9.29. The van der Waals surface area contributed by atoms with Gasteiger partial charge in [0.1, 0.15) is 11.7 Å². The van der Waals surface area contributed by atoms with E-state index >= 15 is 0 Å². The van der Waals surface area contributed by atoms with E-state index in [-0.39, 0.29) is 11.9 Å². The molecule has 0 aliphatic carbocycles. The van der Waals surface area contributed by atoms with Gasteiger partial charge in [-0.1, -0.05) is 0 Å². The number of carbonyl (C=O) groups excluding carboxylic acids is 1. The fourth-order valence-electron chi connectivity index (χ4n) is 1.65. The second kappa shape index (κ2) is 4.79. The largest absolute Gasteiger partial charge is 0.433 e. The number of aromatic nitrogens is 2. The van der Waals surface area contributed by atoms with Crippen LogP contribution in [0.25, 0.3) is 0 Å². The second-order valence-electron chi connectivity index (χ2n) is 3.89. The Hall–Kier alpha value is -1.86. The van der Waals surface area contributed by atoms with E-state index in [2.05, 4.69) is 20.6 Å². The van der Waals surface area contributed by atoms with E-state index in [0.29, 0.717) is 13.0 Å². The van der Waals surface area contributed by atoms with Gasteiger partial charge in [-0.05, 0) is 18.9 Å². The number of hydrogen-bond donors (Lipinski definition) is 2. The minimum atomic E-state index is -4.52. The fourth-order valence-corrected chi connectivity index (χ4v) is 1.65.